The molecule has 0 aromatic heterocycles. The highest BCUT2D eigenvalue weighted by Crippen LogP contribution is 2.12. The molecule has 0 bridgehead atoms. The summed E-state index contributed by atoms with van der Waals surface area (Å²) in [4.78, 5) is 12.5. The van der Waals surface area contributed by atoms with Crippen LogP contribution in [0.15, 0.2) is 23.9 Å². The van der Waals surface area contributed by atoms with Gasteiger partial charge in [-0.1, -0.05) is 0 Å². The Morgan fingerprint density at radius 3 is 2.75 bits per heavy atom. The normalized spacial score (nSPS) is 21.6. The highest BCUT2D eigenvalue weighted by Gasteiger charge is 2.24. The van der Waals surface area contributed by atoms with Gasteiger partial charge in [0.2, 0.25) is 0 Å². The first kappa shape index (κ1) is 8.64. The van der Waals surface area contributed by atoms with Crippen LogP contribution in [-0.4, -0.2) is 20.8 Å². The average Bonchev–Trinajstić information content (AvgIpc) is 2.04. The zero-order chi connectivity index (χ0) is 9.14. The van der Waals surface area contributed by atoms with E-state index >= 15 is 0 Å². The van der Waals surface area contributed by atoms with Gasteiger partial charge in [-0.2, -0.15) is 4.79 Å². The van der Waals surface area contributed by atoms with Crippen LogP contribution in [0.25, 0.3) is 5.53 Å². The fourth-order valence-electron chi connectivity index (χ4n) is 0.764. The highest BCUT2D eigenvalue weighted by molar-refractivity contribution is 6.34. The van der Waals surface area contributed by atoms with Gasteiger partial charge in [0.15, 0.2) is 5.38 Å². The third kappa shape index (κ3) is 1.58. The second kappa shape index (κ2) is 3.30. The van der Waals surface area contributed by atoms with Crippen LogP contribution in [0.3, 0.4) is 0 Å². The fourth-order valence-corrected chi connectivity index (χ4v) is 1.01. The van der Waals surface area contributed by atoms with Crippen molar-refractivity contribution < 1.29 is 9.71 Å². The third-order valence-corrected chi connectivity index (χ3v) is 1.70. The Hall–Kier alpha value is -1.45. The molecule has 0 spiro atoms. The van der Waals surface area contributed by atoms with Gasteiger partial charge < -0.3 is 5.53 Å². The minimum atomic E-state index is -0.736. The molecule has 0 heterocycles. The van der Waals surface area contributed by atoms with Gasteiger partial charge in [0.1, 0.15) is 0 Å². The van der Waals surface area contributed by atoms with E-state index in [0.29, 0.717) is 0 Å². The maximum atomic E-state index is 10.2. The van der Waals surface area contributed by atoms with Crippen LogP contribution in [0.5, 0.6) is 0 Å². The number of hydrogen-bond acceptors (Lipinski definition) is 2. The summed E-state index contributed by atoms with van der Waals surface area (Å²) in [5.74, 6) is 0. The van der Waals surface area contributed by atoms with E-state index in [4.69, 9.17) is 17.1 Å². The summed E-state index contributed by atoms with van der Waals surface area (Å²) in [5.41, 5.74) is 8.44. The predicted molar refractivity (Wildman–Crippen MR) is 42.5 cm³/mol. The van der Waals surface area contributed by atoms with Crippen molar-refractivity contribution in [1.29, 1.82) is 0 Å². The molecule has 1 aliphatic carbocycles. The minimum absolute atomic E-state index is 0.0950. The van der Waals surface area contributed by atoms with Crippen molar-refractivity contribution in [3.8, 4) is 0 Å². The van der Waals surface area contributed by atoms with Gasteiger partial charge in [-0.25, -0.2) is 0 Å². The van der Waals surface area contributed by atoms with E-state index in [1.54, 1.807) is 0 Å². The standard InChI is InChI=1S/C6H4ClN3O2/c7-5-3-4(10(11)12)1-2-6(5)9-8/h1-3,5H. The molecule has 0 saturated heterocycles. The number of hydrogen-bond donors (Lipinski definition) is 0. The summed E-state index contributed by atoms with van der Waals surface area (Å²) in [6.45, 7) is 0. The van der Waals surface area contributed by atoms with Crippen molar-refractivity contribution in [2.45, 2.75) is 5.38 Å². The van der Waals surface area contributed by atoms with Crippen LogP contribution < -0.4 is 0 Å². The van der Waals surface area contributed by atoms with Gasteiger partial charge in [-0.05, 0) is 0 Å². The first-order valence-corrected chi connectivity index (χ1v) is 3.49. The zero-order valence-electron chi connectivity index (χ0n) is 5.85. The van der Waals surface area contributed by atoms with E-state index in [2.05, 4.69) is 4.79 Å². The minimum Gasteiger partial charge on any atom is -0.361 e. The van der Waals surface area contributed by atoms with Crippen molar-refractivity contribution in [2.75, 3.05) is 0 Å². The van der Waals surface area contributed by atoms with E-state index in [1.807, 2.05) is 0 Å². The van der Waals surface area contributed by atoms with Gasteiger partial charge in [-0.3, -0.25) is 10.1 Å². The van der Waals surface area contributed by atoms with Gasteiger partial charge in [0, 0.05) is 18.2 Å². The van der Waals surface area contributed by atoms with Crippen molar-refractivity contribution >= 4 is 17.3 Å². The molecule has 0 radical (unpaired) electrons. The van der Waals surface area contributed by atoms with Crippen molar-refractivity contribution in [1.82, 2.24) is 0 Å². The SMILES string of the molecule is [N-]=[N+]=C1C=CC([N+](=O)[O-])=CC1Cl. The lowest BCUT2D eigenvalue weighted by Crippen LogP contribution is -2.16. The van der Waals surface area contributed by atoms with Crippen LogP contribution in [0, 0.1) is 10.1 Å². The molecule has 1 unspecified atom stereocenters. The Bertz CT molecular complexity index is 328. The highest BCUT2D eigenvalue weighted by atomic mass is 35.5. The summed E-state index contributed by atoms with van der Waals surface area (Å²) >= 11 is 5.60. The molecule has 1 atom stereocenters. The molecule has 0 N–H and O–H groups in total. The zero-order valence-corrected chi connectivity index (χ0v) is 6.60. The number of alkyl halides is 1. The van der Waals surface area contributed by atoms with Crippen molar-refractivity contribution in [2.24, 2.45) is 0 Å². The molecule has 1 rings (SSSR count). The Labute approximate surface area is 72.7 Å². The summed E-state index contributed by atoms with van der Waals surface area (Å²) in [6.07, 6.45) is 3.74. The summed E-state index contributed by atoms with van der Waals surface area (Å²) in [7, 11) is 0. The summed E-state index contributed by atoms with van der Waals surface area (Å²) in [5, 5.41) is 9.48. The second-order valence-corrected chi connectivity index (χ2v) is 2.58. The van der Waals surface area contributed by atoms with E-state index in [1.165, 1.54) is 18.2 Å². The Kier molecular flexibility index (Phi) is 2.38. The molecule has 0 aliphatic heterocycles. The van der Waals surface area contributed by atoms with Crippen LogP contribution in [0.2, 0.25) is 0 Å². The topological polar surface area (TPSA) is 79.5 Å². The van der Waals surface area contributed by atoms with Gasteiger partial charge in [0.25, 0.3) is 5.70 Å². The van der Waals surface area contributed by atoms with E-state index in [0.717, 1.165) is 0 Å². The van der Waals surface area contributed by atoms with Crippen molar-refractivity contribution in [3.63, 3.8) is 0 Å². The molecule has 0 fully saturated rings. The third-order valence-electron chi connectivity index (χ3n) is 1.35. The van der Waals surface area contributed by atoms with E-state index in [9.17, 15) is 10.1 Å². The van der Waals surface area contributed by atoms with Gasteiger partial charge >= 0.3 is 5.71 Å². The van der Waals surface area contributed by atoms with Gasteiger partial charge in [-0.15, -0.1) is 11.6 Å². The molecule has 12 heavy (non-hydrogen) atoms. The number of nitrogens with zero attached hydrogens (tertiary/aromatic N) is 3. The number of halogens is 1. The Morgan fingerprint density at radius 1 is 1.67 bits per heavy atom. The lowest BCUT2D eigenvalue weighted by molar-refractivity contribution is -0.419. The lowest BCUT2D eigenvalue weighted by atomic mass is 10.1. The number of rotatable bonds is 1. The van der Waals surface area contributed by atoms with Crippen LogP contribution >= 0.6 is 11.6 Å². The van der Waals surface area contributed by atoms with Crippen LogP contribution in [0.1, 0.15) is 0 Å². The average molecular weight is 186 g/mol. The summed E-state index contributed by atoms with van der Waals surface area (Å²) in [6, 6.07) is 0. The molecule has 62 valence electrons. The first-order chi connectivity index (χ1) is 5.65. The lowest BCUT2D eigenvalue weighted by Gasteiger charge is -1.99. The number of allylic oxidation sites excluding steroid dienone is 3. The molecule has 6 heteroatoms. The fraction of sp³-hybridized carbons (Fsp3) is 0.167. The molecular weight excluding hydrogens is 182 g/mol. The number of nitro groups is 1. The monoisotopic (exact) mass is 185 g/mol. The maximum Gasteiger partial charge on any atom is 0.314 e. The second-order valence-electron chi connectivity index (χ2n) is 2.11. The van der Waals surface area contributed by atoms with Gasteiger partial charge in [0.05, 0.1) is 4.92 Å². The molecular formula is C6H4ClN3O2. The Balaban J connectivity index is 2.98. The van der Waals surface area contributed by atoms with Crippen LogP contribution in [0.4, 0.5) is 0 Å². The van der Waals surface area contributed by atoms with E-state index < -0.39 is 10.3 Å². The largest absolute Gasteiger partial charge is 0.361 e. The van der Waals surface area contributed by atoms with Crippen molar-refractivity contribution in [3.05, 3.63) is 39.6 Å². The van der Waals surface area contributed by atoms with E-state index in [-0.39, 0.29) is 11.4 Å². The quantitative estimate of drug-likeness (QED) is 0.201. The molecule has 0 aromatic rings. The molecule has 5 nitrogen and oxygen atoms in total. The maximum absolute atomic E-state index is 10.2. The molecule has 0 amide bonds. The smallest absolute Gasteiger partial charge is 0.314 e. The molecule has 0 saturated carbocycles. The Morgan fingerprint density at radius 2 is 2.33 bits per heavy atom. The first-order valence-electron chi connectivity index (χ1n) is 3.05. The molecule has 1 aliphatic rings. The van der Waals surface area contributed by atoms with Crippen LogP contribution in [-0.2, 0) is 0 Å². The molecule has 0 aromatic carbocycles. The predicted octanol–water partition coefficient (Wildman–Crippen LogP) is 0.995. The summed E-state index contributed by atoms with van der Waals surface area (Å²) < 4.78 is 0.